The molecule has 2 aromatic rings. The summed E-state index contributed by atoms with van der Waals surface area (Å²) >= 11 is 1.66. The molecule has 0 aromatic carbocycles. The van der Waals surface area contributed by atoms with Crippen LogP contribution in [0.4, 0.5) is 16.6 Å². The zero-order chi connectivity index (χ0) is 21.5. The van der Waals surface area contributed by atoms with E-state index in [-0.39, 0.29) is 11.1 Å². The number of rotatable bonds is 4. The fourth-order valence-electron chi connectivity index (χ4n) is 3.82. The Hall–Kier alpha value is -1.42. The predicted molar refractivity (Wildman–Crippen MR) is 128 cm³/mol. The molecule has 9 heteroatoms. The average Bonchev–Trinajstić information content (AvgIpc) is 3.10. The molecule has 2 saturated heterocycles. The van der Waals surface area contributed by atoms with Gasteiger partial charge in [0.25, 0.3) is 0 Å². The normalized spacial score (nSPS) is 21.4. The fourth-order valence-corrected chi connectivity index (χ4v) is 6.21. The Morgan fingerprint density at radius 2 is 1.90 bits per heavy atom. The molecule has 4 rings (SSSR count). The van der Waals surface area contributed by atoms with Crippen LogP contribution in [0.1, 0.15) is 33.6 Å². The lowest BCUT2D eigenvalue weighted by Gasteiger charge is -2.42. The summed E-state index contributed by atoms with van der Waals surface area (Å²) in [7, 11) is -1.80. The molecule has 0 spiro atoms. The van der Waals surface area contributed by atoms with Crippen LogP contribution >= 0.6 is 11.3 Å². The third kappa shape index (κ3) is 4.44. The third-order valence-electron chi connectivity index (χ3n) is 6.61. The van der Waals surface area contributed by atoms with Crippen molar-refractivity contribution in [2.75, 3.05) is 54.9 Å². The highest BCUT2D eigenvalue weighted by molar-refractivity contribution is 7.22. The first-order chi connectivity index (χ1) is 14.1. The number of nitrogen functional groups attached to an aromatic ring is 1. The number of hydrogen-bond acceptors (Lipinski definition) is 8. The Morgan fingerprint density at radius 1 is 1.17 bits per heavy atom. The molecule has 1 atom stereocenters. The molecule has 0 amide bonds. The zero-order valence-electron chi connectivity index (χ0n) is 18.9. The van der Waals surface area contributed by atoms with Crippen molar-refractivity contribution in [2.45, 2.75) is 57.8 Å². The number of nitrogens with zero attached hydrogens (tertiary/aromatic N) is 4. The number of fused-ring (bicyclic) bond motifs is 1. The van der Waals surface area contributed by atoms with E-state index in [9.17, 15) is 0 Å². The number of thiazole rings is 1. The molecular formula is C21H35N5O2SSi. The molecule has 30 heavy (non-hydrogen) atoms. The summed E-state index contributed by atoms with van der Waals surface area (Å²) in [6.07, 6.45) is 2.42. The van der Waals surface area contributed by atoms with Crippen molar-refractivity contribution in [3.63, 3.8) is 0 Å². The molecule has 166 valence electrons. The average molecular weight is 450 g/mol. The molecule has 0 saturated carbocycles. The van der Waals surface area contributed by atoms with Gasteiger partial charge in [-0.3, -0.25) is 0 Å². The van der Waals surface area contributed by atoms with Crippen LogP contribution in [0.2, 0.25) is 18.1 Å². The number of nitrogens with two attached hydrogens (primary N) is 1. The summed E-state index contributed by atoms with van der Waals surface area (Å²) < 4.78 is 13.2. The first kappa shape index (κ1) is 21.8. The van der Waals surface area contributed by atoms with Crippen molar-refractivity contribution in [1.82, 2.24) is 9.97 Å². The number of aromatic nitrogens is 2. The van der Waals surface area contributed by atoms with Crippen molar-refractivity contribution < 1.29 is 9.16 Å². The molecule has 0 radical (unpaired) electrons. The van der Waals surface area contributed by atoms with Crippen LogP contribution in [0.3, 0.4) is 0 Å². The number of pyridine rings is 1. The minimum atomic E-state index is -1.80. The highest BCUT2D eigenvalue weighted by Gasteiger charge is 2.40. The summed E-state index contributed by atoms with van der Waals surface area (Å²) in [5, 5.41) is 1.22. The van der Waals surface area contributed by atoms with E-state index in [1.165, 1.54) is 0 Å². The molecule has 0 bridgehead atoms. The van der Waals surface area contributed by atoms with E-state index in [2.05, 4.69) is 43.7 Å². The monoisotopic (exact) mass is 449 g/mol. The molecule has 2 aromatic heterocycles. The van der Waals surface area contributed by atoms with E-state index >= 15 is 0 Å². The van der Waals surface area contributed by atoms with Gasteiger partial charge in [0.15, 0.2) is 24.9 Å². The lowest BCUT2D eigenvalue weighted by atomic mass is 10.1. The number of hydrogen-bond donors (Lipinski definition) is 1. The van der Waals surface area contributed by atoms with Crippen molar-refractivity contribution >= 4 is 46.6 Å². The Bertz CT molecular complexity index is 891. The van der Waals surface area contributed by atoms with Crippen molar-refractivity contribution in [1.29, 1.82) is 0 Å². The maximum atomic E-state index is 6.70. The Labute approximate surface area is 184 Å². The Kier molecular flexibility index (Phi) is 6.00. The van der Waals surface area contributed by atoms with Gasteiger partial charge in [0.05, 0.1) is 29.7 Å². The topological polar surface area (TPSA) is 76.7 Å². The molecule has 7 nitrogen and oxygen atoms in total. The number of anilines is 3. The largest absolute Gasteiger partial charge is 0.412 e. The maximum absolute atomic E-state index is 6.70. The first-order valence-corrected chi connectivity index (χ1v) is 14.7. The van der Waals surface area contributed by atoms with Gasteiger partial charge in [0.2, 0.25) is 0 Å². The second-order valence-electron chi connectivity index (χ2n) is 9.91. The minimum Gasteiger partial charge on any atom is -0.412 e. The molecule has 2 aliphatic rings. The second-order valence-corrected chi connectivity index (χ2v) is 15.7. The van der Waals surface area contributed by atoms with Crippen LogP contribution in [0.25, 0.3) is 10.3 Å². The first-order valence-electron chi connectivity index (χ1n) is 11.0. The Morgan fingerprint density at radius 3 is 2.60 bits per heavy atom. The number of piperidine rings is 1. The predicted octanol–water partition coefficient (Wildman–Crippen LogP) is 4.10. The van der Waals surface area contributed by atoms with Crippen LogP contribution in [-0.2, 0) is 9.16 Å². The zero-order valence-corrected chi connectivity index (χ0v) is 20.7. The van der Waals surface area contributed by atoms with Crippen LogP contribution in [0.15, 0.2) is 6.07 Å². The van der Waals surface area contributed by atoms with Gasteiger partial charge in [-0.2, -0.15) is 4.98 Å². The summed E-state index contributed by atoms with van der Waals surface area (Å²) in [6, 6.07) is 2.04. The van der Waals surface area contributed by atoms with E-state index in [4.69, 9.17) is 24.9 Å². The van der Waals surface area contributed by atoms with Crippen LogP contribution in [-0.4, -0.2) is 63.8 Å². The van der Waals surface area contributed by atoms with Crippen LogP contribution < -0.4 is 15.5 Å². The number of morpholine rings is 1. The highest BCUT2D eigenvalue weighted by Crippen LogP contribution is 2.39. The van der Waals surface area contributed by atoms with E-state index in [0.717, 1.165) is 79.2 Å². The molecular weight excluding hydrogens is 414 g/mol. The number of ether oxygens (including phenoxy) is 1. The standard InChI is InChI=1S/C21H35N5O2SSi/c1-21(2,3)30(4,5)28-15-7-6-8-26(14-15)19-16(22)13-17-18(23-19)24-20(29-17)25-9-11-27-12-10-25/h13,15H,6-12,14,22H2,1-5H3/t15-/m1/s1. The van der Waals surface area contributed by atoms with E-state index in [1.54, 1.807) is 11.3 Å². The molecule has 2 N–H and O–H groups in total. The van der Waals surface area contributed by atoms with Gasteiger partial charge in [-0.25, -0.2) is 4.98 Å². The van der Waals surface area contributed by atoms with E-state index in [1.807, 2.05) is 6.07 Å². The van der Waals surface area contributed by atoms with Crippen LogP contribution in [0.5, 0.6) is 0 Å². The fraction of sp³-hybridized carbons (Fsp3) is 0.714. The van der Waals surface area contributed by atoms with E-state index < -0.39 is 8.32 Å². The van der Waals surface area contributed by atoms with Crippen molar-refractivity contribution in [2.24, 2.45) is 0 Å². The molecule has 0 unspecified atom stereocenters. The highest BCUT2D eigenvalue weighted by atomic mass is 32.1. The smallest absolute Gasteiger partial charge is 0.192 e. The third-order valence-corrected chi connectivity index (χ3v) is 12.2. The Balaban J connectivity index is 1.54. The van der Waals surface area contributed by atoms with E-state index in [0.29, 0.717) is 0 Å². The van der Waals surface area contributed by atoms with Gasteiger partial charge in [-0.05, 0) is 37.0 Å². The summed E-state index contributed by atoms with van der Waals surface area (Å²) in [5.74, 6) is 0.852. The molecule has 2 fully saturated rings. The summed E-state index contributed by atoms with van der Waals surface area (Å²) in [4.78, 5) is 14.3. The van der Waals surface area contributed by atoms with Gasteiger partial charge in [-0.15, -0.1) is 0 Å². The SMILES string of the molecule is CC(C)(C)[Si](C)(C)O[C@@H]1CCCN(c2nc3nc(N4CCOCC4)sc3cc2N)C1. The quantitative estimate of drug-likeness (QED) is 0.704. The lowest BCUT2D eigenvalue weighted by Crippen LogP contribution is -2.49. The molecule has 0 aliphatic carbocycles. The molecule has 2 aliphatic heterocycles. The molecule has 4 heterocycles. The lowest BCUT2D eigenvalue weighted by molar-refractivity contribution is 0.122. The van der Waals surface area contributed by atoms with Gasteiger partial charge in [0.1, 0.15) is 0 Å². The second kappa shape index (κ2) is 8.25. The van der Waals surface area contributed by atoms with Crippen molar-refractivity contribution in [3.8, 4) is 0 Å². The maximum Gasteiger partial charge on any atom is 0.192 e. The van der Waals surface area contributed by atoms with Crippen molar-refractivity contribution in [3.05, 3.63) is 6.07 Å². The summed E-state index contributed by atoms with van der Waals surface area (Å²) in [6.45, 7) is 16.6. The van der Waals surface area contributed by atoms with Gasteiger partial charge in [-0.1, -0.05) is 32.1 Å². The van der Waals surface area contributed by atoms with Gasteiger partial charge < -0.3 is 24.7 Å². The van der Waals surface area contributed by atoms with Gasteiger partial charge >= 0.3 is 0 Å². The van der Waals surface area contributed by atoms with Crippen LogP contribution in [0, 0.1) is 0 Å². The minimum absolute atomic E-state index is 0.210. The van der Waals surface area contributed by atoms with Gasteiger partial charge in [0, 0.05) is 26.2 Å². The summed E-state index contributed by atoms with van der Waals surface area (Å²) in [5.41, 5.74) is 7.98.